The number of carboxylic acids is 1. The smallest absolute Gasteiger partial charge is 0.320 e. The summed E-state index contributed by atoms with van der Waals surface area (Å²) in [5.41, 5.74) is 2.12. The third-order valence-corrected chi connectivity index (χ3v) is 5.02. The molecule has 1 fully saturated rings. The van der Waals surface area contributed by atoms with E-state index >= 15 is 0 Å². The normalized spacial score (nSPS) is 17.9. The molecular formula is C21H25NO4. The van der Waals surface area contributed by atoms with Crippen LogP contribution in [0.5, 0.6) is 11.5 Å². The van der Waals surface area contributed by atoms with Crippen LogP contribution in [0.1, 0.15) is 36.4 Å². The number of carbonyl (C=O) groups is 1. The van der Waals surface area contributed by atoms with E-state index < -0.39 is 12.0 Å². The average Bonchev–Trinajstić information content (AvgIpc) is 2.69. The number of hydrogen-bond donors (Lipinski definition) is 1. The maximum Gasteiger partial charge on any atom is 0.320 e. The summed E-state index contributed by atoms with van der Waals surface area (Å²) >= 11 is 0. The number of likely N-dealkylation sites (tertiary alicyclic amines) is 1. The number of hydrogen-bond acceptors (Lipinski definition) is 4. The zero-order valence-electron chi connectivity index (χ0n) is 15.2. The second-order valence-electron chi connectivity index (χ2n) is 6.54. The zero-order valence-corrected chi connectivity index (χ0v) is 15.2. The van der Waals surface area contributed by atoms with Gasteiger partial charge in [-0.15, -0.1) is 0 Å². The van der Waals surface area contributed by atoms with E-state index in [1.54, 1.807) is 14.2 Å². The first-order valence-electron chi connectivity index (χ1n) is 8.90. The summed E-state index contributed by atoms with van der Waals surface area (Å²) in [6.07, 6.45) is 2.64. The number of piperidine rings is 1. The van der Waals surface area contributed by atoms with E-state index in [-0.39, 0.29) is 6.04 Å². The molecule has 0 amide bonds. The summed E-state index contributed by atoms with van der Waals surface area (Å²) in [7, 11) is 3.28. The first-order valence-corrected chi connectivity index (χ1v) is 8.90. The fourth-order valence-electron chi connectivity index (χ4n) is 3.68. The molecule has 0 aromatic heterocycles. The van der Waals surface area contributed by atoms with Gasteiger partial charge >= 0.3 is 5.97 Å². The highest BCUT2D eigenvalue weighted by molar-refractivity contribution is 5.73. The van der Waals surface area contributed by atoms with Crippen molar-refractivity contribution in [1.82, 2.24) is 4.90 Å². The van der Waals surface area contributed by atoms with Gasteiger partial charge in [0, 0.05) is 0 Å². The number of carboxylic acid groups (broad SMARTS) is 1. The topological polar surface area (TPSA) is 59.0 Å². The molecule has 2 aromatic carbocycles. The molecule has 5 nitrogen and oxygen atoms in total. The van der Waals surface area contributed by atoms with Gasteiger partial charge in [0.05, 0.1) is 20.3 Å². The molecule has 0 bridgehead atoms. The second kappa shape index (κ2) is 8.23. The highest BCUT2D eigenvalue weighted by Crippen LogP contribution is 2.35. The second-order valence-corrected chi connectivity index (χ2v) is 6.54. The Hall–Kier alpha value is -2.53. The molecule has 1 heterocycles. The molecule has 1 aliphatic rings. The van der Waals surface area contributed by atoms with Gasteiger partial charge in [0.1, 0.15) is 17.5 Å². The standard InChI is InChI=1S/C21H25NO4/c1-25-17-10-6-15(7-11-17)20(16-8-12-18(26-2)13-9-16)22-14-4-3-5-19(22)21(23)24/h6-13,19-20H,3-5,14H2,1-2H3,(H,23,24). The fraction of sp³-hybridized carbons (Fsp3) is 0.381. The molecule has 3 rings (SSSR count). The molecule has 0 radical (unpaired) electrons. The Morgan fingerprint density at radius 3 is 1.88 bits per heavy atom. The number of benzene rings is 2. The Balaban J connectivity index is 2.02. The Morgan fingerprint density at radius 2 is 1.46 bits per heavy atom. The number of ether oxygens (including phenoxy) is 2. The molecular weight excluding hydrogens is 330 g/mol. The maximum absolute atomic E-state index is 11.9. The van der Waals surface area contributed by atoms with E-state index in [1.165, 1.54) is 0 Å². The van der Waals surface area contributed by atoms with Crippen molar-refractivity contribution < 1.29 is 19.4 Å². The lowest BCUT2D eigenvalue weighted by Gasteiger charge is -2.39. The Kier molecular flexibility index (Phi) is 5.78. The van der Waals surface area contributed by atoms with Gasteiger partial charge in [-0.2, -0.15) is 0 Å². The lowest BCUT2D eigenvalue weighted by atomic mass is 9.91. The molecule has 138 valence electrons. The van der Waals surface area contributed by atoms with Crippen LogP contribution in [0.25, 0.3) is 0 Å². The van der Waals surface area contributed by atoms with Crippen molar-refractivity contribution in [2.24, 2.45) is 0 Å². The first-order chi connectivity index (χ1) is 12.6. The summed E-state index contributed by atoms with van der Waals surface area (Å²) in [4.78, 5) is 14.0. The van der Waals surface area contributed by atoms with Crippen LogP contribution in [-0.4, -0.2) is 42.8 Å². The predicted molar refractivity (Wildman–Crippen MR) is 99.8 cm³/mol. The molecule has 1 atom stereocenters. The lowest BCUT2D eigenvalue weighted by Crippen LogP contribution is -2.46. The fourth-order valence-corrected chi connectivity index (χ4v) is 3.68. The van der Waals surface area contributed by atoms with Crippen LogP contribution in [-0.2, 0) is 4.79 Å². The highest BCUT2D eigenvalue weighted by atomic mass is 16.5. The molecule has 2 aromatic rings. The van der Waals surface area contributed by atoms with E-state index in [0.29, 0.717) is 6.42 Å². The van der Waals surface area contributed by atoms with Crippen molar-refractivity contribution in [3.8, 4) is 11.5 Å². The molecule has 0 aliphatic carbocycles. The van der Waals surface area contributed by atoms with Crippen molar-refractivity contribution in [3.05, 3.63) is 59.7 Å². The maximum atomic E-state index is 11.9. The van der Waals surface area contributed by atoms with E-state index in [1.807, 2.05) is 48.5 Å². The van der Waals surface area contributed by atoms with Crippen molar-refractivity contribution in [2.45, 2.75) is 31.3 Å². The van der Waals surface area contributed by atoms with Gasteiger partial charge in [-0.25, -0.2) is 0 Å². The van der Waals surface area contributed by atoms with Crippen LogP contribution in [0.4, 0.5) is 0 Å². The SMILES string of the molecule is COc1ccc(C(c2ccc(OC)cc2)N2CCCCC2C(=O)O)cc1. The Bertz CT molecular complexity index is 679. The minimum Gasteiger partial charge on any atom is -0.497 e. The number of methoxy groups -OCH3 is 2. The molecule has 1 unspecified atom stereocenters. The highest BCUT2D eigenvalue weighted by Gasteiger charge is 2.35. The van der Waals surface area contributed by atoms with Crippen LogP contribution in [0, 0.1) is 0 Å². The first kappa shape index (κ1) is 18.3. The monoisotopic (exact) mass is 355 g/mol. The van der Waals surface area contributed by atoms with E-state index in [9.17, 15) is 9.90 Å². The third-order valence-electron chi connectivity index (χ3n) is 5.02. The van der Waals surface area contributed by atoms with E-state index in [2.05, 4.69) is 4.90 Å². The van der Waals surface area contributed by atoms with Crippen molar-refractivity contribution in [2.75, 3.05) is 20.8 Å². The zero-order chi connectivity index (χ0) is 18.5. The Morgan fingerprint density at radius 1 is 0.962 bits per heavy atom. The van der Waals surface area contributed by atoms with E-state index in [4.69, 9.17) is 9.47 Å². The summed E-state index contributed by atoms with van der Waals surface area (Å²) < 4.78 is 10.5. The largest absolute Gasteiger partial charge is 0.497 e. The number of nitrogens with zero attached hydrogens (tertiary/aromatic N) is 1. The summed E-state index contributed by atoms with van der Waals surface area (Å²) in [6, 6.07) is 15.2. The number of aliphatic carboxylic acids is 1. The van der Waals surface area contributed by atoms with Crippen LogP contribution in [0.2, 0.25) is 0 Å². The van der Waals surface area contributed by atoms with Crippen LogP contribution >= 0.6 is 0 Å². The summed E-state index contributed by atoms with van der Waals surface area (Å²) in [5.74, 6) is 0.822. The predicted octanol–water partition coefficient (Wildman–Crippen LogP) is 3.73. The van der Waals surface area contributed by atoms with Gasteiger partial charge in [0.25, 0.3) is 0 Å². The molecule has 1 N–H and O–H groups in total. The van der Waals surface area contributed by atoms with Crippen molar-refractivity contribution in [1.29, 1.82) is 0 Å². The number of rotatable bonds is 6. The van der Waals surface area contributed by atoms with Gasteiger partial charge in [0.2, 0.25) is 0 Å². The van der Waals surface area contributed by atoms with Gasteiger partial charge in [-0.3, -0.25) is 9.69 Å². The van der Waals surface area contributed by atoms with Crippen LogP contribution in [0.15, 0.2) is 48.5 Å². The average molecular weight is 355 g/mol. The molecule has 5 heteroatoms. The molecule has 1 aliphatic heterocycles. The van der Waals surface area contributed by atoms with E-state index in [0.717, 1.165) is 42.0 Å². The van der Waals surface area contributed by atoms with Crippen molar-refractivity contribution in [3.63, 3.8) is 0 Å². The molecule has 0 saturated carbocycles. The third kappa shape index (κ3) is 3.83. The summed E-state index contributed by atoms with van der Waals surface area (Å²) in [6.45, 7) is 0.764. The summed E-state index contributed by atoms with van der Waals surface area (Å²) in [5, 5.41) is 9.73. The molecule has 0 spiro atoms. The van der Waals surface area contributed by atoms with Gasteiger partial charge in [-0.05, 0) is 54.8 Å². The Labute approximate surface area is 154 Å². The van der Waals surface area contributed by atoms with Crippen LogP contribution in [0.3, 0.4) is 0 Å². The molecule has 26 heavy (non-hydrogen) atoms. The lowest BCUT2D eigenvalue weighted by molar-refractivity contribution is -0.145. The molecule has 1 saturated heterocycles. The minimum atomic E-state index is -0.753. The van der Waals surface area contributed by atoms with Gasteiger partial charge < -0.3 is 14.6 Å². The van der Waals surface area contributed by atoms with Crippen LogP contribution < -0.4 is 9.47 Å². The van der Waals surface area contributed by atoms with Gasteiger partial charge in [-0.1, -0.05) is 30.7 Å². The van der Waals surface area contributed by atoms with Crippen molar-refractivity contribution >= 4 is 5.97 Å². The minimum absolute atomic E-state index is 0.117. The van der Waals surface area contributed by atoms with Gasteiger partial charge in [0.15, 0.2) is 0 Å². The quantitative estimate of drug-likeness (QED) is 0.855.